The van der Waals surface area contributed by atoms with Gasteiger partial charge in [-0.3, -0.25) is 4.79 Å². The molecule has 1 aromatic heterocycles. The topological polar surface area (TPSA) is 72.8 Å². The third-order valence-electron chi connectivity index (χ3n) is 3.54. The molecule has 5 nitrogen and oxygen atoms in total. The Hall–Kier alpha value is -3.20. The molecule has 0 bridgehead atoms. The van der Waals surface area contributed by atoms with Crippen molar-refractivity contribution in [1.82, 2.24) is 9.97 Å². The van der Waals surface area contributed by atoms with Crippen LogP contribution in [0.4, 0.5) is 10.1 Å². The van der Waals surface area contributed by atoms with Crippen LogP contribution in [0.1, 0.15) is 5.56 Å². The Morgan fingerprint density at radius 2 is 1.96 bits per heavy atom. The van der Waals surface area contributed by atoms with Crippen molar-refractivity contribution in [3.05, 3.63) is 58.1 Å². The highest BCUT2D eigenvalue weighted by atomic mass is 19.1. The molecule has 0 fully saturated rings. The second-order valence-electron chi connectivity index (χ2n) is 5.26. The lowest BCUT2D eigenvalue weighted by molar-refractivity contribution is 0.629. The predicted molar refractivity (Wildman–Crippen MR) is 86.8 cm³/mol. The molecule has 6 heteroatoms. The third-order valence-corrected chi connectivity index (χ3v) is 3.54. The van der Waals surface area contributed by atoms with Crippen LogP contribution in [-0.2, 0) is 0 Å². The zero-order valence-electron chi connectivity index (χ0n) is 12.6. The number of hydrogen-bond donors (Lipinski definition) is 1. The van der Waals surface area contributed by atoms with Crippen LogP contribution >= 0.6 is 0 Å². The molecule has 0 unspecified atom stereocenters. The van der Waals surface area contributed by atoms with Gasteiger partial charge in [-0.15, -0.1) is 0 Å². The third kappa shape index (κ3) is 2.42. The predicted octanol–water partition coefficient (Wildman–Crippen LogP) is 2.67. The van der Waals surface area contributed by atoms with E-state index >= 15 is 0 Å². The number of nitrogens with one attached hydrogen (secondary N) is 1. The number of nitriles is 1. The molecule has 3 aromatic rings. The van der Waals surface area contributed by atoms with Crippen molar-refractivity contribution in [3.63, 3.8) is 0 Å². The first-order valence-electron chi connectivity index (χ1n) is 6.92. The minimum absolute atomic E-state index is 0.104. The lowest BCUT2D eigenvalue weighted by atomic mass is 10.0. The largest absolute Gasteiger partial charge is 0.376 e. The number of benzene rings is 2. The highest BCUT2D eigenvalue weighted by molar-refractivity contribution is 5.84. The van der Waals surface area contributed by atoms with Gasteiger partial charge < -0.3 is 9.88 Å². The number of H-pyrrole nitrogens is 1. The molecule has 0 aliphatic rings. The Labute approximate surface area is 131 Å². The number of fused-ring (bicyclic) bond motifs is 1. The molecule has 1 heterocycles. The summed E-state index contributed by atoms with van der Waals surface area (Å²) in [5.74, 6) is -0.446. The maximum atomic E-state index is 14.4. The summed E-state index contributed by atoms with van der Waals surface area (Å²) in [5.41, 5.74) is 0.917. The standard InChI is InChI=1S/C17H13FN4O/c1-22(2)15-10(9-19)7-8-12(18)14(15)16-20-13-6-4-3-5-11(13)17(23)21-16/h3-8H,1-2H3,(H,20,21,23). The quantitative estimate of drug-likeness (QED) is 0.790. The summed E-state index contributed by atoms with van der Waals surface area (Å²) in [6.45, 7) is 0. The number of halogens is 1. The van der Waals surface area contributed by atoms with Gasteiger partial charge in [-0.1, -0.05) is 12.1 Å². The molecule has 0 radical (unpaired) electrons. The summed E-state index contributed by atoms with van der Waals surface area (Å²) in [6.07, 6.45) is 0. The van der Waals surface area contributed by atoms with Crippen LogP contribution in [0.5, 0.6) is 0 Å². The van der Waals surface area contributed by atoms with Crippen molar-refractivity contribution >= 4 is 16.6 Å². The Morgan fingerprint density at radius 3 is 2.65 bits per heavy atom. The van der Waals surface area contributed by atoms with E-state index in [9.17, 15) is 14.4 Å². The van der Waals surface area contributed by atoms with Crippen LogP contribution in [0.15, 0.2) is 41.2 Å². The van der Waals surface area contributed by atoms with E-state index in [-0.39, 0.29) is 16.9 Å². The fourth-order valence-corrected chi connectivity index (χ4v) is 2.55. The Kier molecular flexibility index (Phi) is 3.54. The molecule has 0 saturated carbocycles. The van der Waals surface area contributed by atoms with Crippen molar-refractivity contribution in [2.45, 2.75) is 0 Å². The van der Waals surface area contributed by atoms with E-state index in [1.165, 1.54) is 12.1 Å². The van der Waals surface area contributed by atoms with Gasteiger partial charge in [0.25, 0.3) is 5.56 Å². The highest BCUT2D eigenvalue weighted by Gasteiger charge is 2.19. The Bertz CT molecular complexity index is 1000. The van der Waals surface area contributed by atoms with Gasteiger partial charge in [-0.25, -0.2) is 9.37 Å². The number of nitrogens with zero attached hydrogens (tertiary/aromatic N) is 3. The number of anilines is 1. The number of aromatic amines is 1. The summed E-state index contributed by atoms with van der Waals surface area (Å²) in [4.78, 5) is 20.8. The molecule has 0 atom stereocenters. The molecule has 0 aliphatic carbocycles. The van der Waals surface area contributed by atoms with Gasteiger partial charge in [0.1, 0.15) is 17.7 Å². The van der Waals surface area contributed by atoms with Crippen molar-refractivity contribution in [2.75, 3.05) is 19.0 Å². The summed E-state index contributed by atoms with van der Waals surface area (Å²) in [5, 5.41) is 9.69. The first-order valence-corrected chi connectivity index (χ1v) is 6.92. The minimum atomic E-state index is -0.550. The molecule has 2 aromatic carbocycles. The smallest absolute Gasteiger partial charge is 0.259 e. The monoisotopic (exact) mass is 308 g/mol. The highest BCUT2D eigenvalue weighted by Crippen LogP contribution is 2.33. The van der Waals surface area contributed by atoms with Crippen LogP contribution in [-0.4, -0.2) is 24.1 Å². The summed E-state index contributed by atoms with van der Waals surface area (Å²) < 4.78 is 14.4. The summed E-state index contributed by atoms with van der Waals surface area (Å²) in [6, 6.07) is 11.5. The zero-order chi connectivity index (χ0) is 16.6. The zero-order valence-corrected chi connectivity index (χ0v) is 12.6. The molecule has 3 rings (SSSR count). The molecule has 0 saturated heterocycles. The van der Waals surface area contributed by atoms with E-state index in [4.69, 9.17) is 0 Å². The van der Waals surface area contributed by atoms with Crippen molar-refractivity contribution in [1.29, 1.82) is 5.26 Å². The van der Waals surface area contributed by atoms with E-state index in [2.05, 4.69) is 9.97 Å². The number of rotatable bonds is 2. The lowest BCUT2D eigenvalue weighted by Crippen LogP contribution is -2.16. The van der Waals surface area contributed by atoms with Crippen LogP contribution in [0.25, 0.3) is 22.3 Å². The average molecular weight is 308 g/mol. The van der Waals surface area contributed by atoms with Crippen LogP contribution in [0, 0.1) is 17.1 Å². The molecule has 0 amide bonds. The molecule has 114 valence electrons. The van der Waals surface area contributed by atoms with Gasteiger partial charge in [0.2, 0.25) is 0 Å². The van der Waals surface area contributed by atoms with Crippen molar-refractivity contribution < 1.29 is 4.39 Å². The van der Waals surface area contributed by atoms with Gasteiger partial charge in [-0.05, 0) is 24.3 Å². The van der Waals surface area contributed by atoms with E-state index < -0.39 is 5.82 Å². The van der Waals surface area contributed by atoms with Gasteiger partial charge in [0, 0.05) is 14.1 Å². The molecule has 23 heavy (non-hydrogen) atoms. The lowest BCUT2D eigenvalue weighted by Gasteiger charge is -2.19. The second-order valence-corrected chi connectivity index (χ2v) is 5.26. The molecular weight excluding hydrogens is 295 g/mol. The fraction of sp³-hybridized carbons (Fsp3) is 0.118. The normalized spacial score (nSPS) is 10.5. The van der Waals surface area contributed by atoms with Gasteiger partial charge in [-0.2, -0.15) is 5.26 Å². The van der Waals surface area contributed by atoms with Gasteiger partial charge >= 0.3 is 0 Å². The maximum absolute atomic E-state index is 14.4. The van der Waals surface area contributed by atoms with Crippen molar-refractivity contribution in [2.24, 2.45) is 0 Å². The number of aromatic nitrogens is 2. The Balaban J connectivity index is 2.40. The first-order chi connectivity index (χ1) is 11.0. The SMILES string of the molecule is CN(C)c1c(C#N)ccc(F)c1-c1nc2ccccc2c(=O)[nH]1. The van der Waals surface area contributed by atoms with Crippen LogP contribution in [0.3, 0.4) is 0 Å². The Morgan fingerprint density at radius 1 is 1.22 bits per heavy atom. The van der Waals surface area contributed by atoms with Crippen LogP contribution < -0.4 is 10.5 Å². The van der Waals surface area contributed by atoms with Crippen LogP contribution in [0.2, 0.25) is 0 Å². The molecule has 0 spiro atoms. The van der Waals surface area contributed by atoms with Crippen molar-refractivity contribution in [3.8, 4) is 17.5 Å². The van der Waals surface area contributed by atoms with E-state index in [0.717, 1.165) is 0 Å². The van der Waals surface area contributed by atoms with E-state index in [1.807, 2.05) is 6.07 Å². The minimum Gasteiger partial charge on any atom is -0.376 e. The fourth-order valence-electron chi connectivity index (χ4n) is 2.55. The van der Waals surface area contributed by atoms with Gasteiger partial charge in [0.05, 0.1) is 27.7 Å². The summed E-state index contributed by atoms with van der Waals surface area (Å²) >= 11 is 0. The number of hydrogen-bond acceptors (Lipinski definition) is 4. The maximum Gasteiger partial charge on any atom is 0.259 e. The molecule has 0 aliphatic heterocycles. The molecular formula is C17H13FN4O. The molecule has 1 N–H and O–H groups in total. The second kappa shape index (κ2) is 5.54. The van der Waals surface area contributed by atoms with E-state index in [1.54, 1.807) is 43.3 Å². The first kappa shape index (κ1) is 14.7. The number of para-hydroxylation sites is 1. The van der Waals surface area contributed by atoms with Gasteiger partial charge in [0.15, 0.2) is 0 Å². The summed E-state index contributed by atoms with van der Waals surface area (Å²) in [7, 11) is 3.41. The van der Waals surface area contributed by atoms with E-state index in [0.29, 0.717) is 22.2 Å². The average Bonchev–Trinajstić information content (AvgIpc) is 2.54.